The maximum absolute atomic E-state index is 12.6. The minimum absolute atomic E-state index is 0.0881. The zero-order valence-corrected chi connectivity index (χ0v) is 14.7. The predicted molar refractivity (Wildman–Crippen MR) is 94.2 cm³/mol. The Morgan fingerprint density at radius 1 is 1.25 bits per heavy atom. The van der Waals surface area contributed by atoms with Crippen molar-refractivity contribution in [2.45, 2.75) is 30.7 Å². The molecule has 1 aromatic carbocycles. The summed E-state index contributed by atoms with van der Waals surface area (Å²) in [6.45, 7) is 3.99. The molecule has 0 spiro atoms. The molecule has 0 aliphatic rings. The third kappa shape index (κ3) is 3.28. The van der Waals surface area contributed by atoms with Gasteiger partial charge in [0.1, 0.15) is 0 Å². The molecule has 2 aromatic heterocycles. The molecule has 5 nitrogen and oxygen atoms in total. The van der Waals surface area contributed by atoms with Crippen LogP contribution in [0.5, 0.6) is 0 Å². The van der Waals surface area contributed by atoms with E-state index < -0.39 is 0 Å². The van der Waals surface area contributed by atoms with Gasteiger partial charge in [0.25, 0.3) is 0 Å². The quantitative estimate of drug-likeness (QED) is 0.501. The van der Waals surface area contributed by atoms with Crippen molar-refractivity contribution in [3.05, 3.63) is 53.8 Å². The first-order valence-electron chi connectivity index (χ1n) is 7.83. The number of nitrogens with zero attached hydrogens (tertiary/aromatic N) is 3. The summed E-state index contributed by atoms with van der Waals surface area (Å²) in [6.07, 6.45) is 2.57. The highest BCUT2D eigenvalue weighted by atomic mass is 32.2. The first kappa shape index (κ1) is 16.5. The lowest BCUT2D eigenvalue weighted by Crippen LogP contribution is -2.14. The van der Waals surface area contributed by atoms with E-state index in [0.717, 1.165) is 12.0 Å². The molecule has 3 rings (SSSR count). The average molecular weight is 341 g/mol. The smallest absolute Gasteiger partial charge is 0.200 e. The number of ketones is 1. The topological polar surface area (TPSA) is 60.9 Å². The fourth-order valence-corrected chi connectivity index (χ4v) is 3.28. The van der Waals surface area contributed by atoms with E-state index in [1.807, 2.05) is 54.9 Å². The van der Waals surface area contributed by atoms with Gasteiger partial charge in [-0.25, -0.2) is 0 Å². The average Bonchev–Trinajstić information content (AvgIpc) is 3.25. The number of rotatable bonds is 6. The number of furan rings is 1. The molecule has 1 atom stereocenters. The lowest BCUT2D eigenvalue weighted by Gasteiger charge is -2.10. The van der Waals surface area contributed by atoms with Gasteiger partial charge < -0.3 is 8.98 Å². The van der Waals surface area contributed by atoms with E-state index in [2.05, 4.69) is 17.1 Å². The van der Waals surface area contributed by atoms with Crippen LogP contribution in [-0.2, 0) is 13.5 Å². The maximum atomic E-state index is 12.6. The summed E-state index contributed by atoms with van der Waals surface area (Å²) in [4.78, 5) is 12.6. The van der Waals surface area contributed by atoms with Crippen molar-refractivity contribution in [1.29, 1.82) is 0 Å². The molecule has 0 saturated heterocycles. The van der Waals surface area contributed by atoms with E-state index in [4.69, 9.17) is 4.42 Å². The number of carbonyl (C=O) groups is 1. The fraction of sp³-hybridized carbons (Fsp3) is 0.278. The second kappa shape index (κ2) is 7.05. The molecule has 0 bridgehead atoms. The Bertz CT molecular complexity index is 823. The van der Waals surface area contributed by atoms with Crippen molar-refractivity contribution in [3.63, 3.8) is 0 Å². The molecule has 0 saturated carbocycles. The zero-order valence-electron chi connectivity index (χ0n) is 13.9. The van der Waals surface area contributed by atoms with E-state index >= 15 is 0 Å². The molecule has 0 unspecified atom stereocenters. The minimum Gasteiger partial charge on any atom is -0.461 e. The van der Waals surface area contributed by atoms with Gasteiger partial charge in [-0.15, -0.1) is 10.2 Å². The van der Waals surface area contributed by atoms with E-state index in [9.17, 15) is 4.79 Å². The first-order valence-corrected chi connectivity index (χ1v) is 8.71. The molecule has 6 heteroatoms. The number of Topliss-reactive ketones (excluding diaryl/α,β-unsaturated/α-hetero) is 1. The minimum atomic E-state index is -0.246. The summed E-state index contributed by atoms with van der Waals surface area (Å²) in [5.74, 6) is 1.39. The molecule has 24 heavy (non-hydrogen) atoms. The molecule has 0 aliphatic carbocycles. The highest BCUT2D eigenvalue weighted by Gasteiger charge is 2.21. The maximum Gasteiger partial charge on any atom is 0.200 e. The number of aromatic nitrogens is 3. The molecule has 124 valence electrons. The Kier molecular flexibility index (Phi) is 4.85. The van der Waals surface area contributed by atoms with Crippen molar-refractivity contribution < 1.29 is 9.21 Å². The Balaban J connectivity index is 1.74. The van der Waals surface area contributed by atoms with Crippen LogP contribution >= 0.6 is 11.8 Å². The van der Waals surface area contributed by atoms with Crippen molar-refractivity contribution in [3.8, 4) is 11.6 Å². The standard InChI is InChI=1S/C18H19N3O2S/c1-4-13-7-9-14(10-8-13)16(22)12(2)24-18-20-19-17(21(18)3)15-6-5-11-23-15/h5-12H,4H2,1-3H3/t12-/m0/s1. The molecular formula is C18H19N3O2S. The Morgan fingerprint density at radius 2 is 2.00 bits per heavy atom. The lowest BCUT2D eigenvalue weighted by atomic mass is 10.1. The third-order valence-electron chi connectivity index (χ3n) is 3.87. The molecule has 0 N–H and O–H groups in total. The van der Waals surface area contributed by atoms with Crippen LogP contribution in [0, 0.1) is 0 Å². The van der Waals surface area contributed by atoms with E-state index in [1.165, 1.54) is 17.3 Å². The second-order valence-corrected chi connectivity index (χ2v) is 6.83. The van der Waals surface area contributed by atoms with Gasteiger partial charge in [-0.2, -0.15) is 0 Å². The van der Waals surface area contributed by atoms with Crippen LogP contribution in [0.15, 0.2) is 52.2 Å². The summed E-state index contributed by atoms with van der Waals surface area (Å²) in [7, 11) is 1.87. The molecule has 0 aliphatic heterocycles. The third-order valence-corrected chi connectivity index (χ3v) is 5.01. The van der Waals surface area contributed by atoms with Crippen LogP contribution in [0.2, 0.25) is 0 Å². The van der Waals surface area contributed by atoms with Gasteiger partial charge in [0.2, 0.25) is 0 Å². The van der Waals surface area contributed by atoms with Gasteiger partial charge in [-0.3, -0.25) is 4.79 Å². The Morgan fingerprint density at radius 3 is 2.62 bits per heavy atom. The molecule has 0 fully saturated rings. The second-order valence-electron chi connectivity index (χ2n) is 5.52. The number of hydrogen-bond donors (Lipinski definition) is 0. The van der Waals surface area contributed by atoms with Crippen molar-refractivity contribution in [1.82, 2.24) is 14.8 Å². The summed E-state index contributed by atoms with van der Waals surface area (Å²) < 4.78 is 7.20. The van der Waals surface area contributed by atoms with E-state index in [1.54, 1.807) is 6.26 Å². The van der Waals surface area contributed by atoms with Crippen LogP contribution in [0.1, 0.15) is 29.8 Å². The molecule has 3 aromatic rings. The van der Waals surface area contributed by atoms with Gasteiger partial charge in [0.15, 0.2) is 22.5 Å². The molecule has 0 radical (unpaired) electrons. The number of aryl methyl sites for hydroxylation is 1. The van der Waals surface area contributed by atoms with Gasteiger partial charge in [0.05, 0.1) is 11.5 Å². The molecule has 0 amide bonds. The highest BCUT2D eigenvalue weighted by Crippen LogP contribution is 2.27. The normalized spacial score (nSPS) is 12.3. The van der Waals surface area contributed by atoms with Crippen LogP contribution in [0.3, 0.4) is 0 Å². The van der Waals surface area contributed by atoms with E-state index in [0.29, 0.717) is 16.7 Å². The predicted octanol–water partition coefficient (Wildman–Crippen LogP) is 4.00. The molecule has 2 heterocycles. The van der Waals surface area contributed by atoms with Gasteiger partial charge in [-0.05, 0) is 31.0 Å². The van der Waals surface area contributed by atoms with Crippen LogP contribution < -0.4 is 0 Å². The fourth-order valence-electron chi connectivity index (χ4n) is 2.39. The number of benzene rings is 1. The zero-order chi connectivity index (χ0) is 17.1. The number of carbonyl (C=O) groups excluding carboxylic acids is 1. The summed E-state index contributed by atoms with van der Waals surface area (Å²) >= 11 is 1.40. The monoisotopic (exact) mass is 341 g/mol. The Hall–Kier alpha value is -2.34. The van der Waals surface area contributed by atoms with E-state index in [-0.39, 0.29) is 11.0 Å². The van der Waals surface area contributed by atoms with Gasteiger partial charge >= 0.3 is 0 Å². The number of hydrogen-bond acceptors (Lipinski definition) is 5. The molecular weight excluding hydrogens is 322 g/mol. The first-order chi connectivity index (χ1) is 11.6. The van der Waals surface area contributed by atoms with Crippen molar-refractivity contribution in [2.75, 3.05) is 0 Å². The van der Waals surface area contributed by atoms with Crippen LogP contribution in [0.25, 0.3) is 11.6 Å². The van der Waals surface area contributed by atoms with Crippen LogP contribution in [0.4, 0.5) is 0 Å². The SMILES string of the molecule is CCc1ccc(C(=O)[C@H](C)Sc2nnc(-c3ccco3)n2C)cc1. The lowest BCUT2D eigenvalue weighted by molar-refractivity contribution is 0.0994. The summed E-state index contributed by atoms with van der Waals surface area (Å²) in [5.41, 5.74) is 1.95. The van der Waals surface area contributed by atoms with Crippen molar-refractivity contribution >= 4 is 17.5 Å². The van der Waals surface area contributed by atoms with Crippen LogP contribution in [-0.4, -0.2) is 25.8 Å². The summed E-state index contributed by atoms with van der Waals surface area (Å²) in [6, 6.07) is 11.4. The largest absolute Gasteiger partial charge is 0.461 e. The Labute approximate surface area is 145 Å². The number of thioether (sulfide) groups is 1. The van der Waals surface area contributed by atoms with Gasteiger partial charge in [-0.1, -0.05) is 43.0 Å². The summed E-state index contributed by atoms with van der Waals surface area (Å²) in [5, 5.41) is 8.77. The highest BCUT2D eigenvalue weighted by molar-refractivity contribution is 8.00. The van der Waals surface area contributed by atoms with Crippen molar-refractivity contribution in [2.24, 2.45) is 7.05 Å². The van der Waals surface area contributed by atoms with Gasteiger partial charge in [0, 0.05) is 12.6 Å².